The molecule has 0 spiro atoms. The first-order chi connectivity index (χ1) is 15.2. The molecule has 1 N–H and O–H groups in total. The molecule has 2 aromatic rings. The molecule has 2 heterocycles. The summed E-state index contributed by atoms with van der Waals surface area (Å²) in [4.78, 5) is 15.2. The molecule has 2 aromatic carbocycles. The van der Waals surface area contributed by atoms with Gasteiger partial charge in [0.25, 0.3) is 0 Å². The van der Waals surface area contributed by atoms with Gasteiger partial charge in [0.1, 0.15) is 19.0 Å². The SMILES string of the molecule is COc1ccc(C(NCC(=O)N2CCCC2c2ccc3c(c2)OCCO3)C2CC2)cc1. The number of methoxy groups -OCH3 is 1. The van der Waals surface area contributed by atoms with Gasteiger partial charge >= 0.3 is 0 Å². The number of hydrogen-bond acceptors (Lipinski definition) is 5. The van der Waals surface area contributed by atoms with E-state index in [1.54, 1.807) is 7.11 Å². The molecular weight excluding hydrogens is 392 g/mol. The molecule has 2 aliphatic heterocycles. The molecule has 1 saturated carbocycles. The van der Waals surface area contributed by atoms with E-state index in [1.165, 1.54) is 18.4 Å². The molecule has 2 fully saturated rings. The lowest BCUT2D eigenvalue weighted by molar-refractivity contribution is -0.131. The summed E-state index contributed by atoms with van der Waals surface area (Å²) in [5.74, 6) is 3.20. The summed E-state index contributed by atoms with van der Waals surface area (Å²) < 4.78 is 16.7. The highest BCUT2D eigenvalue weighted by Crippen LogP contribution is 2.42. The Morgan fingerprint density at radius 2 is 1.87 bits per heavy atom. The van der Waals surface area contributed by atoms with E-state index >= 15 is 0 Å². The second-order valence-electron chi connectivity index (χ2n) is 8.62. The van der Waals surface area contributed by atoms with E-state index in [4.69, 9.17) is 14.2 Å². The Hall–Kier alpha value is -2.73. The van der Waals surface area contributed by atoms with Crippen molar-refractivity contribution in [3.8, 4) is 17.2 Å². The predicted octanol–water partition coefficient (Wildman–Crippen LogP) is 3.87. The van der Waals surface area contributed by atoms with E-state index in [9.17, 15) is 4.79 Å². The van der Waals surface area contributed by atoms with E-state index < -0.39 is 0 Å². The van der Waals surface area contributed by atoms with Crippen molar-refractivity contribution in [3.63, 3.8) is 0 Å². The zero-order valence-corrected chi connectivity index (χ0v) is 18.0. The molecule has 1 saturated heterocycles. The molecule has 5 rings (SSSR count). The Kier molecular flexibility index (Phi) is 5.72. The number of ether oxygens (including phenoxy) is 3. The number of nitrogens with zero attached hydrogens (tertiary/aromatic N) is 1. The number of fused-ring (bicyclic) bond motifs is 1. The summed E-state index contributed by atoms with van der Waals surface area (Å²) in [5.41, 5.74) is 2.35. The number of carbonyl (C=O) groups is 1. The van der Waals surface area contributed by atoms with Crippen LogP contribution in [0.2, 0.25) is 0 Å². The maximum atomic E-state index is 13.2. The molecule has 6 heteroatoms. The summed E-state index contributed by atoms with van der Waals surface area (Å²) in [5, 5.41) is 3.56. The lowest BCUT2D eigenvalue weighted by Gasteiger charge is -2.28. The molecule has 2 atom stereocenters. The van der Waals surface area contributed by atoms with Crippen molar-refractivity contribution in [2.75, 3.05) is 33.4 Å². The summed E-state index contributed by atoms with van der Waals surface area (Å²) in [6.07, 6.45) is 4.42. The van der Waals surface area contributed by atoms with E-state index in [2.05, 4.69) is 23.5 Å². The molecule has 164 valence electrons. The molecule has 3 aliphatic rings. The highest BCUT2D eigenvalue weighted by atomic mass is 16.6. The van der Waals surface area contributed by atoms with Crippen molar-refractivity contribution in [2.45, 2.75) is 37.8 Å². The van der Waals surface area contributed by atoms with Gasteiger partial charge in [-0.1, -0.05) is 18.2 Å². The molecule has 1 amide bonds. The number of nitrogens with one attached hydrogen (secondary N) is 1. The van der Waals surface area contributed by atoms with Gasteiger partial charge in [0.2, 0.25) is 5.91 Å². The van der Waals surface area contributed by atoms with Crippen LogP contribution in [0.15, 0.2) is 42.5 Å². The van der Waals surface area contributed by atoms with Gasteiger partial charge in [0.15, 0.2) is 11.5 Å². The number of amides is 1. The van der Waals surface area contributed by atoms with Gasteiger partial charge in [0, 0.05) is 12.6 Å². The Balaban J connectivity index is 1.25. The van der Waals surface area contributed by atoms with Gasteiger partial charge in [-0.3, -0.25) is 4.79 Å². The first kappa shape index (κ1) is 20.2. The van der Waals surface area contributed by atoms with Crippen molar-refractivity contribution in [1.29, 1.82) is 0 Å². The molecule has 0 aromatic heterocycles. The van der Waals surface area contributed by atoms with Gasteiger partial charge in [-0.2, -0.15) is 0 Å². The molecule has 31 heavy (non-hydrogen) atoms. The van der Waals surface area contributed by atoms with Crippen LogP contribution < -0.4 is 19.5 Å². The highest BCUT2D eigenvalue weighted by molar-refractivity contribution is 5.79. The standard InChI is InChI=1S/C25H30N2O4/c1-29-20-9-6-18(7-10-20)25(17-4-5-17)26-16-24(28)27-12-2-3-21(27)19-8-11-22-23(15-19)31-14-13-30-22/h6-11,15,17,21,25-26H,2-5,12-14,16H2,1H3. The van der Waals surface area contributed by atoms with Crippen molar-refractivity contribution < 1.29 is 19.0 Å². The smallest absolute Gasteiger partial charge is 0.237 e. The zero-order chi connectivity index (χ0) is 21.2. The molecule has 1 aliphatic carbocycles. The molecule has 0 radical (unpaired) electrons. The second kappa shape index (κ2) is 8.79. The maximum absolute atomic E-state index is 13.2. The second-order valence-corrected chi connectivity index (χ2v) is 8.62. The summed E-state index contributed by atoms with van der Waals surface area (Å²) in [6.45, 7) is 2.31. The third-order valence-electron chi connectivity index (χ3n) is 6.57. The topological polar surface area (TPSA) is 60.0 Å². The fourth-order valence-electron chi connectivity index (χ4n) is 4.78. The fourth-order valence-corrected chi connectivity index (χ4v) is 4.78. The lowest BCUT2D eigenvalue weighted by atomic mass is 10.0. The van der Waals surface area contributed by atoms with Crippen LogP contribution in [-0.4, -0.2) is 44.2 Å². The van der Waals surface area contributed by atoms with Crippen LogP contribution in [0.4, 0.5) is 0 Å². The molecule has 6 nitrogen and oxygen atoms in total. The first-order valence-electron chi connectivity index (χ1n) is 11.3. The van der Waals surface area contributed by atoms with Crippen LogP contribution in [0.5, 0.6) is 17.2 Å². The van der Waals surface area contributed by atoms with Gasteiger partial charge in [-0.25, -0.2) is 0 Å². The van der Waals surface area contributed by atoms with Crippen LogP contribution >= 0.6 is 0 Å². The quantitative estimate of drug-likeness (QED) is 0.734. The molecule has 0 bridgehead atoms. The van der Waals surface area contributed by atoms with Crippen LogP contribution in [0.25, 0.3) is 0 Å². The lowest BCUT2D eigenvalue weighted by Crippen LogP contribution is -2.39. The van der Waals surface area contributed by atoms with Crippen molar-refractivity contribution >= 4 is 5.91 Å². The maximum Gasteiger partial charge on any atom is 0.237 e. The number of benzene rings is 2. The van der Waals surface area contributed by atoms with Gasteiger partial charge in [-0.05, 0) is 67.0 Å². The molecule has 2 unspecified atom stereocenters. The summed E-state index contributed by atoms with van der Waals surface area (Å²) >= 11 is 0. The van der Waals surface area contributed by atoms with Crippen LogP contribution in [0, 0.1) is 5.92 Å². The number of hydrogen-bond donors (Lipinski definition) is 1. The minimum atomic E-state index is 0.102. The monoisotopic (exact) mass is 422 g/mol. The normalized spacial score (nSPS) is 21.1. The van der Waals surface area contributed by atoms with E-state index in [0.29, 0.717) is 25.7 Å². The Morgan fingerprint density at radius 1 is 1.10 bits per heavy atom. The van der Waals surface area contributed by atoms with Gasteiger partial charge in [0.05, 0.1) is 19.7 Å². The molecular formula is C25H30N2O4. The van der Waals surface area contributed by atoms with E-state index in [1.807, 2.05) is 29.2 Å². The number of rotatable bonds is 7. The third-order valence-corrected chi connectivity index (χ3v) is 6.57. The van der Waals surface area contributed by atoms with Crippen LogP contribution in [-0.2, 0) is 4.79 Å². The van der Waals surface area contributed by atoms with Crippen molar-refractivity contribution in [1.82, 2.24) is 10.2 Å². The minimum Gasteiger partial charge on any atom is -0.497 e. The first-order valence-corrected chi connectivity index (χ1v) is 11.3. The van der Waals surface area contributed by atoms with Crippen molar-refractivity contribution in [3.05, 3.63) is 53.6 Å². The largest absolute Gasteiger partial charge is 0.497 e. The van der Waals surface area contributed by atoms with Crippen molar-refractivity contribution in [2.24, 2.45) is 5.92 Å². The minimum absolute atomic E-state index is 0.102. The average molecular weight is 423 g/mol. The third kappa shape index (κ3) is 4.35. The van der Waals surface area contributed by atoms with Crippen LogP contribution in [0.1, 0.15) is 48.9 Å². The Morgan fingerprint density at radius 3 is 2.61 bits per heavy atom. The number of carbonyl (C=O) groups excluding carboxylic acids is 1. The van der Waals surface area contributed by atoms with Gasteiger partial charge in [-0.15, -0.1) is 0 Å². The van der Waals surface area contributed by atoms with E-state index in [-0.39, 0.29) is 18.0 Å². The van der Waals surface area contributed by atoms with E-state index in [0.717, 1.165) is 42.2 Å². The predicted molar refractivity (Wildman–Crippen MR) is 118 cm³/mol. The summed E-state index contributed by atoms with van der Waals surface area (Å²) in [7, 11) is 1.68. The number of likely N-dealkylation sites (tertiary alicyclic amines) is 1. The van der Waals surface area contributed by atoms with Gasteiger partial charge < -0.3 is 24.4 Å². The fraction of sp³-hybridized carbons (Fsp3) is 0.480. The zero-order valence-electron chi connectivity index (χ0n) is 18.0. The highest BCUT2D eigenvalue weighted by Gasteiger charge is 2.34. The Bertz CT molecular complexity index is 926. The Labute approximate surface area is 183 Å². The summed E-state index contributed by atoms with van der Waals surface area (Å²) in [6, 6.07) is 14.6. The average Bonchev–Trinajstić information content (AvgIpc) is 3.53. The van der Waals surface area contributed by atoms with Crippen LogP contribution in [0.3, 0.4) is 0 Å².